The fraction of sp³-hybridized carbons (Fsp3) is 0.158. The normalized spacial score (nSPS) is 11.8. The molecule has 128 valence electrons. The fourth-order valence-electron chi connectivity index (χ4n) is 2.26. The highest BCUT2D eigenvalue weighted by molar-refractivity contribution is 6.09. The average Bonchev–Trinajstić information content (AvgIpc) is 2.54. The maximum Gasteiger partial charge on any atom is 0.416 e. The number of nitriles is 1. The largest absolute Gasteiger partial charge is 0.416 e. The molecule has 1 amide bonds. The molecular weight excluding hydrogens is 329 g/mol. The van der Waals surface area contributed by atoms with Crippen LogP contribution in [0.3, 0.4) is 0 Å². The van der Waals surface area contributed by atoms with Crippen LogP contribution >= 0.6 is 0 Å². The summed E-state index contributed by atoms with van der Waals surface area (Å²) in [6, 6.07) is 11.6. The van der Waals surface area contributed by atoms with Crippen LogP contribution in [0.25, 0.3) is 6.08 Å². The van der Waals surface area contributed by atoms with Gasteiger partial charge in [0.2, 0.25) is 0 Å². The molecule has 0 aliphatic carbocycles. The Labute approximate surface area is 143 Å². The van der Waals surface area contributed by atoms with Gasteiger partial charge in [-0.25, -0.2) is 0 Å². The van der Waals surface area contributed by atoms with Gasteiger partial charge in [-0.2, -0.15) is 18.4 Å². The van der Waals surface area contributed by atoms with Gasteiger partial charge in [-0.3, -0.25) is 4.79 Å². The zero-order valence-corrected chi connectivity index (χ0v) is 13.6. The van der Waals surface area contributed by atoms with Crippen molar-refractivity contribution in [3.63, 3.8) is 0 Å². The summed E-state index contributed by atoms with van der Waals surface area (Å²) in [7, 11) is 0. The van der Waals surface area contributed by atoms with Gasteiger partial charge in [0.1, 0.15) is 11.6 Å². The van der Waals surface area contributed by atoms with Gasteiger partial charge in [0.05, 0.1) is 5.56 Å². The number of nitrogens with zero attached hydrogens (tertiary/aromatic N) is 1. The maximum absolute atomic E-state index is 12.7. The van der Waals surface area contributed by atoms with Crippen molar-refractivity contribution < 1.29 is 18.0 Å². The predicted octanol–water partition coefficient (Wildman–Crippen LogP) is 4.87. The van der Waals surface area contributed by atoms with Crippen LogP contribution < -0.4 is 5.32 Å². The van der Waals surface area contributed by atoms with Crippen LogP contribution in [0, 0.1) is 25.2 Å². The number of alkyl halides is 3. The lowest BCUT2D eigenvalue weighted by Crippen LogP contribution is -2.14. The van der Waals surface area contributed by atoms with Crippen LogP contribution in [0.2, 0.25) is 0 Å². The van der Waals surface area contributed by atoms with E-state index in [2.05, 4.69) is 5.32 Å². The molecule has 25 heavy (non-hydrogen) atoms. The first-order valence-electron chi connectivity index (χ1n) is 7.38. The number of rotatable bonds is 3. The molecule has 0 atom stereocenters. The van der Waals surface area contributed by atoms with Crippen molar-refractivity contribution >= 4 is 17.7 Å². The zero-order valence-electron chi connectivity index (χ0n) is 13.6. The minimum atomic E-state index is -4.49. The molecule has 0 unspecified atom stereocenters. The molecule has 0 aromatic heterocycles. The first-order chi connectivity index (χ1) is 11.7. The van der Waals surface area contributed by atoms with Crippen molar-refractivity contribution in [1.29, 1.82) is 5.26 Å². The molecule has 0 spiro atoms. The summed E-state index contributed by atoms with van der Waals surface area (Å²) in [5, 5.41) is 11.8. The monoisotopic (exact) mass is 344 g/mol. The van der Waals surface area contributed by atoms with E-state index in [0.717, 1.165) is 29.3 Å². The minimum Gasteiger partial charge on any atom is -0.321 e. The molecule has 0 heterocycles. The molecule has 6 heteroatoms. The Kier molecular flexibility index (Phi) is 5.28. The number of hydrogen-bond acceptors (Lipinski definition) is 2. The number of nitrogens with one attached hydrogen (secondary N) is 1. The molecule has 3 nitrogen and oxygen atoms in total. The first kappa shape index (κ1) is 18.3. The highest BCUT2D eigenvalue weighted by Crippen LogP contribution is 2.30. The molecule has 0 saturated carbocycles. The number of anilines is 1. The molecule has 0 aliphatic rings. The molecule has 0 fully saturated rings. The Morgan fingerprint density at radius 3 is 2.48 bits per heavy atom. The summed E-state index contributed by atoms with van der Waals surface area (Å²) < 4.78 is 38.2. The molecule has 2 rings (SSSR count). The predicted molar refractivity (Wildman–Crippen MR) is 89.6 cm³/mol. The van der Waals surface area contributed by atoms with E-state index in [-0.39, 0.29) is 11.1 Å². The van der Waals surface area contributed by atoms with E-state index in [1.165, 1.54) is 12.1 Å². The van der Waals surface area contributed by atoms with Gasteiger partial charge < -0.3 is 5.32 Å². The van der Waals surface area contributed by atoms with E-state index < -0.39 is 17.6 Å². The minimum absolute atomic E-state index is 0.127. The molecule has 2 aromatic carbocycles. The second-order valence-electron chi connectivity index (χ2n) is 5.57. The summed E-state index contributed by atoms with van der Waals surface area (Å²) >= 11 is 0. The van der Waals surface area contributed by atoms with Crippen LogP contribution in [0.5, 0.6) is 0 Å². The van der Waals surface area contributed by atoms with Crippen LogP contribution in [-0.2, 0) is 11.0 Å². The van der Waals surface area contributed by atoms with Crippen molar-refractivity contribution in [2.75, 3.05) is 5.32 Å². The van der Waals surface area contributed by atoms with Crippen LogP contribution in [0.4, 0.5) is 18.9 Å². The lowest BCUT2D eigenvalue weighted by Gasteiger charge is -2.09. The van der Waals surface area contributed by atoms with Crippen LogP contribution in [-0.4, -0.2) is 5.91 Å². The molecule has 0 radical (unpaired) electrons. The van der Waals surface area contributed by atoms with Crippen LogP contribution in [0.1, 0.15) is 22.3 Å². The number of halogens is 3. The van der Waals surface area contributed by atoms with Crippen molar-refractivity contribution in [3.05, 3.63) is 70.3 Å². The van der Waals surface area contributed by atoms with E-state index >= 15 is 0 Å². The van der Waals surface area contributed by atoms with Gasteiger partial charge in [0, 0.05) is 5.69 Å². The van der Waals surface area contributed by atoms with Gasteiger partial charge in [0.15, 0.2) is 0 Å². The molecule has 2 aromatic rings. The third-order valence-electron chi connectivity index (χ3n) is 3.52. The zero-order chi connectivity index (χ0) is 18.6. The number of aryl methyl sites for hydroxylation is 2. The van der Waals surface area contributed by atoms with Crippen molar-refractivity contribution in [1.82, 2.24) is 0 Å². The second-order valence-corrected chi connectivity index (χ2v) is 5.57. The SMILES string of the molecule is Cc1ccc(NC(=O)C(C#N)=Cc2cccc(C(F)(F)F)c2)c(C)c1. The Morgan fingerprint density at radius 1 is 1.16 bits per heavy atom. The average molecular weight is 344 g/mol. The lowest BCUT2D eigenvalue weighted by atomic mass is 10.1. The van der Waals surface area contributed by atoms with Gasteiger partial charge in [-0.05, 0) is 49.2 Å². The lowest BCUT2D eigenvalue weighted by molar-refractivity contribution is -0.137. The van der Waals surface area contributed by atoms with Crippen molar-refractivity contribution in [2.45, 2.75) is 20.0 Å². The van der Waals surface area contributed by atoms with Gasteiger partial charge in [0.25, 0.3) is 5.91 Å². The second kappa shape index (κ2) is 7.22. The fourth-order valence-corrected chi connectivity index (χ4v) is 2.26. The van der Waals surface area contributed by atoms with E-state index in [1.54, 1.807) is 12.1 Å². The third kappa shape index (κ3) is 4.70. The number of carbonyl (C=O) groups excluding carboxylic acids is 1. The number of carbonyl (C=O) groups is 1. The number of benzene rings is 2. The third-order valence-corrected chi connectivity index (χ3v) is 3.52. The quantitative estimate of drug-likeness (QED) is 0.638. The topological polar surface area (TPSA) is 52.9 Å². The Morgan fingerprint density at radius 2 is 1.88 bits per heavy atom. The van der Waals surface area contributed by atoms with Gasteiger partial charge >= 0.3 is 6.18 Å². The summed E-state index contributed by atoms with van der Waals surface area (Å²) in [4.78, 5) is 12.2. The Bertz CT molecular complexity index is 877. The molecular formula is C19H15F3N2O. The Balaban J connectivity index is 2.28. The van der Waals surface area contributed by atoms with E-state index in [9.17, 15) is 23.2 Å². The summed E-state index contributed by atoms with van der Waals surface area (Å²) in [6.07, 6.45) is -3.36. The molecule has 1 N–H and O–H groups in total. The summed E-state index contributed by atoms with van der Waals surface area (Å²) in [5.41, 5.74) is 1.40. The molecule has 0 aliphatic heterocycles. The summed E-state index contributed by atoms with van der Waals surface area (Å²) in [6.45, 7) is 3.72. The highest BCUT2D eigenvalue weighted by Gasteiger charge is 2.30. The van der Waals surface area contributed by atoms with Crippen LogP contribution in [0.15, 0.2) is 48.0 Å². The van der Waals surface area contributed by atoms with Crippen molar-refractivity contribution in [2.24, 2.45) is 0 Å². The molecule has 0 saturated heterocycles. The number of hydrogen-bond donors (Lipinski definition) is 1. The standard InChI is InChI=1S/C19H15F3N2O/c1-12-6-7-17(13(2)8-12)24-18(25)15(11-23)9-14-4-3-5-16(10-14)19(20,21)22/h3-10H,1-2H3,(H,24,25). The molecule has 0 bridgehead atoms. The summed E-state index contributed by atoms with van der Waals surface area (Å²) in [5.74, 6) is -0.674. The maximum atomic E-state index is 12.7. The first-order valence-corrected chi connectivity index (χ1v) is 7.38. The van der Waals surface area contributed by atoms with Crippen molar-refractivity contribution in [3.8, 4) is 6.07 Å². The number of amides is 1. The van der Waals surface area contributed by atoms with E-state index in [0.29, 0.717) is 5.69 Å². The highest BCUT2D eigenvalue weighted by atomic mass is 19.4. The van der Waals surface area contributed by atoms with Gasteiger partial charge in [-0.15, -0.1) is 0 Å². The Hall–Kier alpha value is -3.07. The van der Waals surface area contributed by atoms with E-state index in [1.807, 2.05) is 26.0 Å². The van der Waals surface area contributed by atoms with E-state index in [4.69, 9.17) is 0 Å². The van der Waals surface area contributed by atoms with Gasteiger partial charge in [-0.1, -0.05) is 29.8 Å². The smallest absolute Gasteiger partial charge is 0.321 e.